The van der Waals surface area contributed by atoms with E-state index in [9.17, 15) is 0 Å². The lowest BCUT2D eigenvalue weighted by Gasteiger charge is -2.15. The van der Waals surface area contributed by atoms with Crippen molar-refractivity contribution in [1.29, 1.82) is 0 Å². The van der Waals surface area contributed by atoms with Gasteiger partial charge < -0.3 is 5.32 Å². The van der Waals surface area contributed by atoms with Crippen LogP contribution in [0.5, 0.6) is 0 Å². The van der Waals surface area contributed by atoms with Crippen LogP contribution in [0.15, 0.2) is 12.3 Å². The van der Waals surface area contributed by atoms with Crippen LogP contribution in [0.25, 0.3) is 0 Å². The van der Waals surface area contributed by atoms with E-state index in [0.717, 1.165) is 18.9 Å². The molecule has 1 heterocycles. The van der Waals surface area contributed by atoms with E-state index < -0.39 is 0 Å². The minimum Gasteiger partial charge on any atom is -0.389 e. The Morgan fingerprint density at radius 3 is 2.77 bits per heavy atom. The van der Waals surface area contributed by atoms with E-state index in [2.05, 4.69) is 28.7 Å². The zero-order chi connectivity index (χ0) is 9.68. The van der Waals surface area contributed by atoms with E-state index in [1.807, 2.05) is 6.92 Å². The summed E-state index contributed by atoms with van der Waals surface area (Å²) >= 11 is 0. The summed E-state index contributed by atoms with van der Waals surface area (Å²) in [5.74, 6) is 0. The van der Waals surface area contributed by atoms with Gasteiger partial charge in [-0.1, -0.05) is 6.58 Å². The lowest BCUT2D eigenvalue weighted by molar-refractivity contribution is 0.272. The molecular formula is C10H21N3. The summed E-state index contributed by atoms with van der Waals surface area (Å²) in [4.78, 5) is 4.84. The van der Waals surface area contributed by atoms with Crippen molar-refractivity contribution >= 4 is 0 Å². The molecule has 1 aliphatic heterocycles. The van der Waals surface area contributed by atoms with Crippen LogP contribution in [0.4, 0.5) is 0 Å². The minimum atomic E-state index is 1.05. The Labute approximate surface area is 81.4 Å². The predicted octanol–water partition coefficient (Wildman–Crippen LogP) is 0.705. The van der Waals surface area contributed by atoms with E-state index in [1.54, 1.807) is 0 Å². The Morgan fingerprint density at radius 2 is 2.23 bits per heavy atom. The van der Waals surface area contributed by atoms with Crippen molar-refractivity contribution < 1.29 is 0 Å². The first kappa shape index (κ1) is 10.5. The molecule has 1 saturated heterocycles. The number of hydrogen-bond acceptors (Lipinski definition) is 3. The average molecular weight is 183 g/mol. The van der Waals surface area contributed by atoms with Gasteiger partial charge in [-0.3, -0.25) is 9.80 Å². The fourth-order valence-electron chi connectivity index (χ4n) is 1.58. The first-order chi connectivity index (χ1) is 6.18. The van der Waals surface area contributed by atoms with Gasteiger partial charge in [0.05, 0.1) is 6.67 Å². The first-order valence-corrected chi connectivity index (χ1v) is 4.99. The monoisotopic (exact) mass is 183 g/mol. The second-order valence-electron chi connectivity index (χ2n) is 3.90. The minimum absolute atomic E-state index is 1.05. The lowest BCUT2D eigenvalue weighted by Crippen LogP contribution is -2.26. The molecule has 1 fully saturated rings. The van der Waals surface area contributed by atoms with Crippen molar-refractivity contribution in [3.05, 3.63) is 12.3 Å². The fourth-order valence-corrected chi connectivity index (χ4v) is 1.58. The van der Waals surface area contributed by atoms with E-state index in [0.29, 0.717) is 0 Å². The van der Waals surface area contributed by atoms with Crippen LogP contribution >= 0.6 is 0 Å². The van der Waals surface area contributed by atoms with E-state index in [4.69, 9.17) is 0 Å². The van der Waals surface area contributed by atoms with E-state index in [1.165, 1.54) is 26.1 Å². The van der Waals surface area contributed by atoms with Gasteiger partial charge >= 0.3 is 0 Å². The van der Waals surface area contributed by atoms with E-state index in [-0.39, 0.29) is 0 Å². The SMILES string of the molecule is C=C(C)NCCCN1CCN(C)C1. The highest BCUT2D eigenvalue weighted by Crippen LogP contribution is 2.01. The quantitative estimate of drug-likeness (QED) is 0.633. The summed E-state index contributed by atoms with van der Waals surface area (Å²) in [6.45, 7) is 11.6. The summed E-state index contributed by atoms with van der Waals surface area (Å²) in [6, 6.07) is 0. The summed E-state index contributed by atoms with van der Waals surface area (Å²) in [5.41, 5.74) is 1.07. The summed E-state index contributed by atoms with van der Waals surface area (Å²) < 4.78 is 0. The molecule has 0 aromatic heterocycles. The Morgan fingerprint density at radius 1 is 1.46 bits per heavy atom. The maximum atomic E-state index is 3.80. The van der Waals surface area contributed by atoms with E-state index >= 15 is 0 Å². The van der Waals surface area contributed by atoms with Crippen molar-refractivity contribution in [3.63, 3.8) is 0 Å². The van der Waals surface area contributed by atoms with Gasteiger partial charge in [0, 0.05) is 31.9 Å². The van der Waals surface area contributed by atoms with Gasteiger partial charge in [-0.05, 0) is 20.4 Å². The average Bonchev–Trinajstić information content (AvgIpc) is 2.45. The zero-order valence-electron chi connectivity index (χ0n) is 8.84. The molecule has 0 aromatic rings. The van der Waals surface area contributed by atoms with Crippen LogP contribution in [0, 0.1) is 0 Å². The smallest absolute Gasteiger partial charge is 0.0504 e. The molecule has 1 N–H and O–H groups in total. The maximum absolute atomic E-state index is 3.80. The molecule has 0 bridgehead atoms. The summed E-state index contributed by atoms with van der Waals surface area (Å²) in [7, 11) is 2.17. The van der Waals surface area contributed by atoms with Crippen molar-refractivity contribution in [2.75, 3.05) is 39.9 Å². The van der Waals surface area contributed by atoms with Gasteiger partial charge in [-0.25, -0.2) is 0 Å². The fraction of sp³-hybridized carbons (Fsp3) is 0.800. The number of hydrogen-bond donors (Lipinski definition) is 1. The number of allylic oxidation sites excluding steroid dienone is 1. The predicted molar refractivity (Wildman–Crippen MR) is 56.5 cm³/mol. The van der Waals surface area contributed by atoms with Gasteiger partial charge in [0.1, 0.15) is 0 Å². The van der Waals surface area contributed by atoms with Crippen LogP contribution in [0.3, 0.4) is 0 Å². The second kappa shape index (κ2) is 5.25. The Bertz CT molecular complexity index is 168. The molecule has 1 aliphatic rings. The molecule has 3 nitrogen and oxygen atoms in total. The molecule has 1 rings (SSSR count). The van der Waals surface area contributed by atoms with Crippen LogP contribution in [-0.2, 0) is 0 Å². The third-order valence-electron chi connectivity index (χ3n) is 2.32. The summed E-state index contributed by atoms with van der Waals surface area (Å²) in [5, 5.41) is 3.25. The maximum Gasteiger partial charge on any atom is 0.0504 e. The Hall–Kier alpha value is -0.540. The lowest BCUT2D eigenvalue weighted by atomic mass is 10.4. The van der Waals surface area contributed by atoms with Gasteiger partial charge in [0.15, 0.2) is 0 Å². The molecule has 0 radical (unpaired) electrons. The van der Waals surface area contributed by atoms with Crippen molar-refractivity contribution in [2.45, 2.75) is 13.3 Å². The van der Waals surface area contributed by atoms with Crippen LogP contribution < -0.4 is 5.32 Å². The molecule has 0 aromatic carbocycles. The molecule has 0 unspecified atom stereocenters. The number of likely N-dealkylation sites (N-methyl/N-ethyl adjacent to an activating group) is 1. The first-order valence-electron chi connectivity index (χ1n) is 4.99. The highest BCUT2D eigenvalue weighted by Gasteiger charge is 2.14. The third kappa shape index (κ3) is 4.29. The van der Waals surface area contributed by atoms with Crippen molar-refractivity contribution in [2.24, 2.45) is 0 Å². The number of nitrogens with one attached hydrogen (secondary N) is 1. The Balaban J connectivity index is 1.97. The largest absolute Gasteiger partial charge is 0.389 e. The second-order valence-corrected chi connectivity index (χ2v) is 3.90. The Kier molecular flexibility index (Phi) is 4.25. The molecule has 13 heavy (non-hydrogen) atoms. The van der Waals surface area contributed by atoms with Gasteiger partial charge in [-0.2, -0.15) is 0 Å². The number of nitrogens with zero attached hydrogens (tertiary/aromatic N) is 2. The standard InChI is InChI=1S/C10H21N3/c1-10(2)11-5-4-6-13-8-7-12(3)9-13/h11H,1,4-9H2,2-3H3. The molecule has 3 heteroatoms. The highest BCUT2D eigenvalue weighted by molar-refractivity contribution is 4.83. The third-order valence-corrected chi connectivity index (χ3v) is 2.32. The molecule has 0 aliphatic carbocycles. The number of rotatable bonds is 5. The van der Waals surface area contributed by atoms with Gasteiger partial charge in [-0.15, -0.1) is 0 Å². The van der Waals surface area contributed by atoms with Gasteiger partial charge in [0.2, 0.25) is 0 Å². The normalized spacial score (nSPS) is 19.2. The van der Waals surface area contributed by atoms with Crippen LogP contribution in [-0.4, -0.2) is 49.7 Å². The molecule has 0 atom stereocenters. The van der Waals surface area contributed by atoms with Crippen molar-refractivity contribution in [1.82, 2.24) is 15.1 Å². The van der Waals surface area contributed by atoms with Crippen LogP contribution in [0.1, 0.15) is 13.3 Å². The molecule has 0 saturated carbocycles. The highest BCUT2D eigenvalue weighted by atomic mass is 15.4. The summed E-state index contributed by atoms with van der Waals surface area (Å²) in [6.07, 6.45) is 1.21. The van der Waals surface area contributed by atoms with Crippen LogP contribution in [0.2, 0.25) is 0 Å². The van der Waals surface area contributed by atoms with Gasteiger partial charge in [0.25, 0.3) is 0 Å². The molecular weight excluding hydrogens is 162 g/mol. The van der Waals surface area contributed by atoms with Crippen molar-refractivity contribution in [3.8, 4) is 0 Å². The molecule has 0 amide bonds. The molecule has 76 valence electrons. The topological polar surface area (TPSA) is 18.5 Å². The molecule has 0 spiro atoms. The zero-order valence-corrected chi connectivity index (χ0v) is 8.84.